The molecule has 0 radical (unpaired) electrons. The summed E-state index contributed by atoms with van der Waals surface area (Å²) < 4.78 is 5.53. The third-order valence-electron chi connectivity index (χ3n) is 3.44. The fourth-order valence-corrected chi connectivity index (χ4v) is 2.15. The second-order valence-electron chi connectivity index (χ2n) is 6.23. The van der Waals surface area contributed by atoms with E-state index < -0.39 is 0 Å². The van der Waals surface area contributed by atoms with Crippen molar-refractivity contribution in [1.82, 2.24) is 4.98 Å². The highest BCUT2D eigenvalue weighted by molar-refractivity contribution is 5.80. The molecule has 0 aliphatic carbocycles. The van der Waals surface area contributed by atoms with E-state index in [0.29, 0.717) is 6.01 Å². The maximum Gasteiger partial charge on any atom is 0.316 e. The summed E-state index contributed by atoms with van der Waals surface area (Å²) in [5, 5.41) is 4.17. The van der Waals surface area contributed by atoms with Gasteiger partial charge >= 0.3 is 6.01 Å². The molecular weight excluding hydrogens is 274 g/mol. The first-order valence-corrected chi connectivity index (χ1v) is 7.27. The highest BCUT2D eigenvalue weighted by atomic mass is 16.4. The van der Waals surface area contributed by atoms with Crippen molar-refractivity contribution < 1.29 is 4.42 Å². The number of hydrogen-bond acceptors (Lipinski definition) is 4. The third kappa shape index (κ3) is 3.17. The van der Waals surface area contributed by atoms with E-state index in [9.17, 15) is 0 Å². The summed E-state index contributed by atoms with van der Waals surface area (Å²) in [6.07, 6.45) is 1.75. The van der Waals surface area contributed by atoms with Crippen LogP contribution in [0.15, 0.2) is 58.0 Å². The number of nitrogens with zero attached hydrogens (tertiary/aromatic N) is 2. The molecule has 1 aromatic heterocycles. The van der Waals surface area contributed by atoms with Crippen LogP contribution in [0.4, 0.5) is 6.01 Å². The summed E-state index contributed by atoms with van der Waals surface area (Å²) in [5.74, 6) is 0. The Morgan fingerprint density at radius 2 is 1.77 bits per heavy atom. The van der Waals surface area contributed by atoms with Crippen molar-refractivity contribution in [1.29, 1.82) is 0 Å². The summed E-state index contributed by atoms with van der Waals surface area (Å²) in [6, 6.07) is 16.4. The minimum Gasteiger partial charge on any atom is -0.422 e. The molecular formula is C18H19N3O. The Labute approximate surface area is 129 Å². The van der Waals surface area contributed by atoms with Gasteiger partial charge in [0.05, 0.1) is 6.21 Å². The lowest BCUT2D eigenvalue weighted by atomic mass is 9.87. The van der Waals surface area contributed by atoms with E-state index in [2.05, 4.69) is 60.5 Å². The SMILES string of the molecule is CC(C)(C)c1ccc(/C=N/Nc2nc3ccccc3o2)cc1. The number of hydrazone groups is 1. The Bertz CT molecular complexity index is 762. The molecule has 0 unspecified atom stereocenters. The minimum absolute atomic E-state index is 0.159. The fourth-order valence-electron chi connectivity index (χ4n) is 2.15. The molecule has 22 heavy (non-hydrogen) atoms. The monoisotopic (exact) mass is 293 g/mol. The van der Waals surface area contributed by atoms with E-state index in [0.717, 1.165) is 16.7 Å². The quantitative estimate of drug-likeness (QED) is 0.568. The smallest absolute Gasteiger partial charge is 0.316 e. The van der Waals surface area contributed by atoms with Crippen LogP contribution in [0.25, 0.3) is 11.1 Å². The molecule has 3 aromatic rings. The van der Waals surface area contributed by atoms with Gasteiger partial charge in [0.25, 0.3) is 0 Å². The van der Waals surface area contributed by atoms with Crippen LogP contribution >= 0.6 is 0 Å². The molecule has 2 aromatic carbocycles. The van der Waals surface area contributed by atoms with Gasteiger partial charge in [0, 0.05) is 0 Å². The molecule has 4 heteroatoms. The largest absolute Gasteiger partial charge is 0.422 e. The standard InChI is InChI=1S/C18H19N3O/c1-18(2,3)14-10-8-13(9-11-14)12-19-21-17-20-15-6-4-5-7-16(15)22-17/h4-12H,1-3H3,(H,20,21)/b19-12+. The van der Waals surface area contributed by atoms with Crippen molar-refractivity contribution in [2.45, 2.75) is 26.2 Å². The van der Waals surface area contributed by atoms with E-state index in [1.165, 1.54) is 5.56 Å². The minimum atomic E-state index is 0.159. The molecule has 3 rings (SSSR count). The van der Waals surface area contributed by atoms with Crippen molar-refractivity contribution >= 4 is 23.3 Å². The van der Waals surface area contributed by atoms with Crippen molar-refractivity contribution in [3.8, 4) is 0 Å². The molecule has 0 bridgehead atoms. The molecule has 0 atom stereocenters. The average molecular weight is 293 g/mol. The second kappa shape index (κ2) is 5.64. The Morgan fingerprint density at radius 3 is 2.45 bits per heavy atom. The molecule has 0 aliphatic heterocycles. The molecule has 0 amide bonds. The number of oxazole rings is 1. The lowest BCUT2D eigenvalue weighted by Gasteiger charge is -2.18. The van der Waals surface area contributed by atoms with Gasteiger partial charge in [0.2, 0.25) is 0 Å². The normalized spacial score (nSPS) is 12.1. The molecule has 0 saturated heterocycles. The van der Waals surface area contributed by atoms with Crippen LogP contribution < -0.4 is 5.43 Å². The Morgan fingerprint density at radius 1 is 1.05 bits per heavy atom. The van der Waals surface area contributed by atoms with E-state index >= 15 is 0 Å². The summed E-state index contributed by atoms with van der Waals surface area (Å²) in [5.41, 5.74) is 6.86. The molecule has 4 nitrogen and oxygen atoms in total. The summed E-state index contributed by atoms with van der Waals surface area (Å²) in [4.78, 5) is 4.30. The zero-order chi connectivity index (χ0) is 15.6. The predicted molar refractivity (Wildman–Crippen MR) is 90.4 cm³/mol. The van der Waals surface area contributed by atoms with Crippen molar-refractivity contribution in [2.75, 3.05) is 5.43 Å². The number of aromatic nitrogens is 1. The van der Waals surface area contributed by atoms with Gasteiger partial charge in [-0.3, -0.25) is 0 Å². The van der Waals surface area contributed by atoms with Crippen LogP contribution in [-0.2, 0) is 5.41 Å². The zero-order valence-corrected chi connectivity index (χ0v) is 13.0. The van der Waals surface area contributed by atoms with Crippen LogP contribution in [-0.4, -0.2) is 11.2 Å². The number of hydrogen-bond donors (Lipinski definition) is 1. The topological polar surface area (TPSA) is 50.4 Å². The van der Waals surface area contributed by atoms with Crippen molar-refractivity contribution in [3.63, 3.8) is 0 Å². The van der Waals surface area contributed by atoms with E-state index in [-0.39, 0.29) is 5.41 Å². The van der Waals surface area contributed by atoms with Gasteiger partial charge in [-0.25, -0.2) is 5.43 Å². The lowest BCUT2D eigenvalue weighted by Crippen LogP contribution is -2.10. The molecule has 112 valence electrons. The van der Waals surface area contributed by atoms with E-state index in [4.69, 9.17) is 4.42 Å². The zero-order valence-electron chi connectivity index (χ0n) is 13.0. The van der Waals surface area contributed by atoms with Gasteiger partial charge in [-0.2, -0.15) is 10.1 Å². The maximum absolute atomic E-state index is 5.53. The van der Waals surface area contributed by atoms with E-state index in [1.807, 2.05) is 24.3 Å². The van der Waals surface area contributed by atoms with Crippen molar-refractivity contribution in [3.05, 3.63) is 59.7 Å². The summed E-state index contributed by atoms with van der Waals surface area (Å²) in [6.45, 7) is 6.60. The predicted octanol–water partition coefficient (Wildman–Crippen LogP) is 4.57. The van der Waals surface area contributed by atoms with Gasteiger partial charge in [0.15, 0.2) is 5.58 Å². The Balaban J connectivity index is 1.69. The third-order valence-corrected chi connectivity index (χ3v) is 3.44. The first-order chi connectivity index (χ1) is 10.5. The van der Waals surface area contributed by atoms with Crippen LogP contribution in [0.5, 0.6) is 0 Å². The number of para-hydroxylation sites is 2. The van der Waals surface area contributed by atoms with Gasteiger partial charge < -0.3 is 4.42 Å². The summed E-state index contributed by atoms with van der Waals surface area (Å²) in [7, 11) is 0. The number of rotatable bonds is 3. The van der Waals surface area contributed by atoms with Crippen LogP contribution in [0, 0.1) is 0 Å². The van der Waals surface area contributed by atoms with Crippen LogP contribution in [0.2, 0.25) is 0 Å². The molecule has 0 spiro atoms. The summed E-state index contributed by atoms with van der Waals surface area (Å²) >= 11 is 0. The van der Waals surface area contributed by atoms with Crippen LogP contribution in [0.3, 0.4) is 0 Å². The molecule has 0 aliphatic rings. The highest BCUT2D eigenvalue weighted by Gasteiger charge is 2.12. The number of anilines is 1. The van der Waals surface area contributed by atoms with Gasteiger partial charge in [-0.1, -0.05) is 57.2 Å². The number of nitrogens with one attached hydrogen (secondary N) is 1. The second-order valence-corrected chi connectivity index (χ2v) is 6.23. The Kier molecular flexibility index (Phi) is 3.67. The highest BCUT2D eigenvalue weighted by Crippen LogP contribution is 2.22. The van der Waals surface area contributed by atoms with Crippen molar-refractivity contribution in [2.24, 2.45) is 5.10 Å². The van der Waals surface area contributed by atoms with Gasteiger partial charge in [-0.05, 0) is 28.7 Å². The maximum atomic E-state index is 5.53. The molecule has 1 heterocycles. The number of benzene rings is 2. The first-order valence-electron chi connectivity index (χ1n) is 7.27. The van der Waals surface area contributed by atoms with Gasteiger partial charge in [0.1, 0.15) is 5.52 Å². The Hall–Kier alpha value is -2.62. The molecule has 1 N–H and O–H groups in total. The van der Waals surface area contributed by atoms with Gasteiger partial charge in [-0.15, -0.1) is 0 Å². The fraction of sp³-hybridized carbons (Fsp3) is 0.222. The molecule has 0 saturated carbocycles. The van der Waals surface area contributed by atoms with E-state index in [1.54, 1.807) is 6.21 Å². The molecule has 0 fully saturated rings. The average Bonchev–Trinajstić information content (AvgIpc) is 2.89. The first kappa shape index (κ1) is 14.3. The lowest BCUT2D eigenvalue weighted by molar-refractivity contribution is 0.590. The van der Waals surface area contributed by atoms with Crippen LogP contribution in [0.1, 0.15) is 31.9 Å². The number of fused-ring (bicyclic) bond motifs is 1.